The monoisotopic (exact) mass is 776 g/mol. The molecule has 0 spiro atoms. The van der Waals surface area contributed by atoms with Gasteiger partial charge in [-0.2, -0.15) is 0 Å². The van der Waals surface area contributed by atoms with Gasteiger partial charge in [-0.25, -0.2) is 19.6 Å². The first-order valence-electron chi connectivity index (χ1n) is 14.6. The van der Waals surface area contributed by atoms with Crippen LogP contribution in [0, 0.1) is 20.2 Å². The molecule has 3 aromatic rings. The number of benzene rings is 2. The number of nitrogens with one attached hydrogen (secondary N) is 2. The zero-order chi connectivity index (χ0) is 38.7. The Balaban J connectivity index is 1.37. The van der Waals surface area contributed by atoms with Crippen molar-refractivity contribution in [2.45, 2.75) is 25.3 Å². The molecule has 53 heavy (non-hydrogen) atoms. The standard InChI is InChI=1S/C29H25ClN8O14S/c30-9-20(39)33-29-32-19(14-53-29)23(35-51-12-21(40)49-10-15-1-5-17(6-2-15)37(45)46)27(43)34-24-25(26(31)42)36(28(24)44)52-13-22(41)50-11-16-3-7-18(8-4-16)38(47)48/h1-8,14,24-25H,9-13H2,(H2,31,42)(H,34,43)(H,32,33,39)/b35-23+/t24-,25-/m0/s1. The molecule has 1 fully saturated rings. The van der Waals surface area contributed by atoms with Gasteiger partial charge in [0.2, 0.25) is 18.4 Å². The predicted molar refractivity (Wildman–Crippen MR) is 177 cm³/mol. The number of aromatic nitrogens is 1. The summed E-state index contributed by atoms with van der Waals surface area (Å²) in [5, 5.41) is 31.6. The molecule has 4 amide bonds. The van der Waals surface area contributed by atoms with Gasteiger partial charge in [0, 0.05) is 29.6 Å². The van der Waals surface area contributed by atoms with Gasteiger partial charge in [-0.05, 0) is 35.4 Å². The number of carbonyl (C=O) groups is 6. The van der Waals surface area contributed by atoms with Crippen LogP contribution in [0.5, 0.6) is 0 Å². The predicted octanol–water partition coefficient (Wildman–Crippen LogP) is 0.457. The Hall–Kier alpha value is -6.59. The summed E-state index contributed by atoms with van der Waals surface area (Å²) < 4.78 is 10.0. The molecule has 24 heteroatoms. The number of non-ortho nitro benzene ring substituents is 2. The Morgan fingerprint density at radius 3 is 1.98 bits per heavy atom. The van der Waals surface area contributed by atoms with E-state index in [1.807, 2.05) is 0 Å². The smallest absolute Gasteiger partial charge is 0.347 e. The van der Waals surface area contributed by atoms with Gasteiger partial charge in [0.1, 0.15) is 30.8 Å². The topological polar surface area (TPSA) is 304 Å². The lowest BCUT2D eigenvalue weighted by Gasteiger charge is -2.43. The SMILES string of the molecule is NC(=O)[C@@H]1[C@H](NC(=O)/C(=N/OCC(=O)OCc2ccc([N+](=O)[O-])cc2)c2csc(NC(=O)CCl)n2)C(=O)N1OCC(=O)OCc1ccc([N+](=O)[O-])cc1. The molecule has 22 nitrogen and oxygen atoms in total. The first-order valence-corrected chi connectivity index (χ1v) is 16.0. The van der Waals surface area contributed by atoms with Crippen LogP contribution < -0.4 is 16.4 Å². The zero-order valence-corrected chi connectivity index (χ0v) is 28.3. The lowest BCUT2D eigenvalue weighted by atomic mass is 9.97. The third-order valence-electron chi connectivity index (χ3n) is 6.71. The molecule has 4 N–H and O–H groups in total. The number of carbonyl (C=O) groups excluding carboxylic acids is 6. The summed E-state index contributed by atoms with van der Waals surface area (Å²) in [6.07, 6.45) is 0. The zero-order valence-electron chi connectivity index (χ0n) is 26.7. The summed E-state index contributed by atoms with van der Waals surface area (Å²) in [5.74, 6) is -6.27. The van der Waals surface area contributed by atoms with E-state index < -0.39 is 82.3 Å². The van der Waals surface area contributed by atoms with Gasteiger partial charge in [-0.15, -0.1) is 22.9 Å². The molecule has 2 aromatic carbocycles. The number of β-lactam (4-membered cyclic amide) rings is 1. The molecule has 2 heterocycles. The average molecular weight is 777 g/mol. The number of esters is 2. The lowest BCUT2D eigenvalue weighted by Crippen LogP contribution is -2.74. The number of oxime groups is 1. The number of hydrogen-bond acceptors (Lipinski definition) is 17. The fraction of sp³-hybridized carbons (Fsp3) is 0.241. The van der Waals surface area contributed by atoms with E-state index in [2.05, 4.69) is 20.8 Å². The van der Waals surface area contributed by atoms with Crippen LogP contribution in [0.25, 0.3) is 0 Å². The van der Waals surface area contributed by atoms with Crippen molar-refractivity contribution in [1.29, 1.82) is 0 Å². The molecule has 1 saturated heterocycles. The molecule has 0 radical (unpaired) electrons. The normalized spacial score (nSPS) is 15.1. The van der Waals surface area contributed by atoms with Crippen molar-refractivity contribution in [3.63, 3.8) is 0 Å². The number of alkyl halides is 1. The van der Waals surface area contributed by atoms with Crippen LogP contribution in [-0.4, -0.2) is 92.4 Å². The molecule has 1 aliphatic heterocycles. The van der Waals surface area contributed by atoms with Crippen LogP contribution >= 0.6 is 22.9 Å². The maximum atomic E-state index is 13.4. The fourth-order valence-corrected chi connectivity index (χ4v) is 4.92. The number of primary amides is 1. The van der Waals surface area contributed by atoms with E-state index >= 15 is 0 Å². The van der Waals surface area contributed by atoms with Crippen LogP contribution in [0.3, 0.4) is 0 Å². The summed E-state index contributed by atoms with van der Waals surface area (Å²) in [6.45, 7) is -2.26. The van der Waals surface area contributed by atoms with Gasteiger partial charge in [-0.3, -0.25) is 44.2 Å². The second-order valence-electron chi connectivity index (χ2n) is 10.3. The first-order chi connectivity index (χ1) is 25.3. The number of nitrogens with two attached hydrogens (primary N) is 1. The van der Waals surface area contributed by atoms with E-state index in [-0.39, 0.29) is 35.4 Å². The molecule has 1 aromatic heterocycles. The highest BCUT2D eigenvalue weighted by Gasteiger charge is 2.53. The molecule has 0 saturated carbocycles. The van der Waals surface area contributed by atoms with Crippen LogP contribution in [-0.2, 0) is 61.1 Å². The first kappa shape index (κ1) is 39.2. The summed E-state index contributed by atoms with van der Waals surface area (Å²) in [6, 6.07) is 7.09. The molecular weight excluding hydrogens is 752 g/mol. The summed E-state index contributed by atoms with van der Waals surface area (Å²) in [7, 11) is 0. The van der Waals surface area contributed by atoms with Gasteiger partial charge in [-0.1, -0.05) is 5.16 Å². The highest BCUT2D eigenvalue weighted by molar-refractivity contribution is 7.14. The van der Waals surface area contributed by atoms with E-state index in [1.165, 1.54) is 53.9 Å². The lowest BCUT2D eigenvalue weighted by molar-refractivity contribution is -0.385. The Morgan fingerprint density at radius 1 is 0.925 bits per heavy atom. The maximum absolute atomic E-state index is 13.4. The number of amides is 4. The molecule has 1 aliphatic rings. The molecule has 278 valence electrons. The molecule has 2 atom stereocenters. The van der Waals surface area contributed by atoms with Gasteiger partial charge < -0.3 is 30.7 Å². The molecule has 0 bridgehead atoms. The van der Waals surface area contributed by atoms with Gasteiger partial charge in [0.05, 0.1) is 9.85 Å². The van der Waals surface area contributed by atoms with E-state index in [0.29, 0.717) is 16.2 Å². The highest BCUT2D eigenvalue weighted by Crippen LogP contribution is 2.22. The maximum Gasteiger partial charge on any atom is 0.347 e. The number of anilines is 1. The summed E-state index contributed by atoms with van der Waals surface area (Å²) in [4.78, 5) is 109. The number of halogens is 1. The number of ether oxygens (including phenoxy) is 2. The highest BCUT2D eigenvalue weighted by atomic mass is 35.5. The largest absolute Gasteiger partial charge is 0.459 e. The second-order valence-corrected chi connectivity index (χ2v) is 11.5. The molecule has 0 unspecified atom stereocenters. The van der Waals surface area contributed by atoms with Crippen molar-refractivity contribution in [3.8, 4) is 0 Å². The van der Waals surface area contributed by atoms with E-state index in [0.717, 1.165) is 11.3 Å². The molecular formula is C29H25ClN8O14S. The second kappa shape index (κ2) is 18.1. The van der Waals surface area contributed by atoms with E-state index in [9.17, 15) is 49.0 Å². The number of nitrogens with zero attached hydrogens (tertiary/aromatic N) is 5. The number of rotatable bonds is 18. The van der Waals surface area contributed by atoms with Crippen molar-refractivity contribution in [2.24, 2.45) is 10.9 Å². The minimum Gasteiger partial charge on any atom is -0.459 e. The Kier molecular flexibility index (Phi) is 13.4. The fourth-order valence-electron chi connectivity index (χ4n) is 4.14. The van der Waals surface area contributed by atoms with E-state index in [4.69, 9.17) is 36.5 Å². The summed E-state index contributed by atoms with van der Waals surface area (Å²) in [5.41, 5.74) is 5.09. The van der Waals surface area contributed by atoms with Crippen molar-refractivity contribution >= 4 is 80.7 Å². The van der Waals surface area contributed by atoms with Crippen LogP contribution in [0.15, 0.2) is 59.1 Å². The van der Waals surface area contributed by atoms with Crippen molar-refractivity contribution in [3.05, 3.63) is 91.0 Å². The van der Waals surface area contributed by atoms with Crippen molar-refractivity contribution < 1.29 is 57.8 Å². The number of nitro benzene ring substituents is 2. The van der Waals surface area contributed by atoms with Crippen molar-refractivity contribution in [2.75, 3.05) is 24.4 Å². The number of hydroxylamine groups is 2. The molecule has 4 rings (SSSR count). The Bertz CT molecular complexity index is 1940. The third kappa shape index (κ3) is 10.7. The van der Waals surface area contributed by atoms with E-state index in [1.54, 1.807) is 0 Å². The number of hydrogen-bond donors (Lipinski definition) is 3. The van der Waals surface area contributed by atoms with Crippen LogP contribution in [0.2, 0.25) is 0 Å². The summed E-state index contributed by atoms with van der Waals surface area (Å²) >= 11 is 6.35. The van der Waals surface area contributed by atoms with Gasteiger partial charge in [0.25, 0.3) is 23.2 Å². The quantitative estimate of drug-likeness (QED) is 0.0395. The minimum absolute atomic E-state index is 0.0107. The number of nitro groups is 2. The van der Waals surface area contributed by atoms with Gasteiger partial charge >= 0.3 is 11.9 Å². The van der Waals surface area contributed by atoms with Gasteiger partial charge in [0.15, 0.2) is 23.5 Å². The Morgan fingerprint density at radius 2 is 1.47 bits per heavy atom. The van der Waals surface area contributed by atoms with Crippen LogP contribution in [0.4, 0.5) is 16.5 Å². The average Bonchev–Trinajstić information content (AvgIpc) is 3.59. The molecule has 0 aliphatic carbocycles. The Labute approximate surface area is 305 Å². The number of thiazole rings is 1. The third-order valence-corrected chi connectivity index (χ3v) is 7.71. The van der Waals surface area contributed by atoms with Crippen LogP contribution in [0.1, 0.15) is 16.8 Å². The van der Waals surface area contributed by atoms with Crippen molar-refractivity contribution in [1.82, 2.24) is 15.4 Å². The minimum atomic E-state index is -1.62.